The zero-order chi connectivity index (χ0) is 20.5. The number of nitrogens with zero attached hydrogens (tertiary/aromatic N) is 3. The number of aromatic nitrogens is 2. The van der Waals surface area contributed by atoms with Crippen molar-refractivity contribution < 1.29 is 9.31 Å². The average molecular weight is 375 g/mol. The molecule has 0 amide bonds. The quantitative estimate of drug-likeness (QED) is 0.630. The van der Waals surface area contributed by atoms with E-state index in [2.05, 4.69) is 11.1 Å². The van der Waals surface area contributed by atoms with Crippen molar-refractivity contribution in [3.8, 4) is 17.3 Å². The molecule has 0 unspecified atom stereocenters. The molecule has 2 aromatic heterocycles. The van der Waals surface area contributed by atoms with E-state index in [1.807, 2.05) is 94.7 Å². The van der Waals surface area contributed by atoms with Gasteiger partial charge in [0.25, 0.3) is 0 Å². The van der Waals surface area contributed by atoms with Gasteiger partial charge in [0.1, 0.15) is 5.65 Å². The summed E-state index contributed by atoms with van der Waals surface area (Å²) in [5.74, 6) is 0. The minimum Gasteiger partial charge on any atom is -0.399 e. The fraction of sp³-hybridized carbons (Fsp3) is 0.364. The first-order chi connectivity index (χ1) is 13.3. The number of rotatable bonds is 2. The molecule has 1 saturated heterocycles. The number of pyridine rings is 1. The standard InChI is InChI=1S/C20H20BN3O2.C2H6/c1-19(2)20(3,4)26-21(25-19)16-9-10-18-23-12-17(24(18)13-16)15-7-5-14(11-22)6-8-15;1-2/h5-10,12-13H,1-4H3;1-2H3. The van der Waals surface area contributed by atoms with Gasteiger partial charge < -0.3 is 13.7 Å². The van der Waals surface area contributed by atoms with Crippen molar-refractivity contribution >= 4 is 18.2 Å². The van der Waals surface area contributed by atoms with E-state index >= 15 is 0 Å². The van der Waals surface area contributed by atoms with E-state index in [4.69, 9.17) is 14.6 Å². The molecule has 1 aliphatic heterocycles. The molecule has 1 aliphatic rings. The topological polar surface area (TPSA) is 59.5 Å². The summed E-state index contributed by atoms with van der Waals surface area (Å²) in [6.07, 6.45) is 3.85. The third-order valence-electron chi connectivity index (χ3n) is 5.36. The monoisotopic (exact) mass is 375 g/mol. The molecule has 0 spiro atoms. The summed E-state index contributed by atoms with van der Waals surface area (Å²) in [5.41, 5.74) is 3.65. The maximum Gasteiger partial charge on any atom is 0.496 e. The lowest BCUT2D eigenvalue weighted by molar-refractivity contribution is 0.00578. The molecule has 5 nitrogen and oxygen atoms in total. The zero-order valence-corrected chi connectivity index (χ0v) is 17.4. The maximum atomic E-state index is 8.98. The highest BCUT2D eigenvalue weighted by atomic mass is 16.7. The van der Waals surface area contributed by atoms with E-state index in [1.54, 1.807) is 0 Å². The van der Waals surface area contributed by atoms with Gasteiger partial charge in [-0.05, 0) is 51.4 Å². The van der Waals surface area contributed by atoms with E-state index in [-0.39, 0.29) is 11.2 Å². The maximum absolute atomic E-state index is 8.98. The Morgan fingerprint density at radius 1 is 0.964 bits per heavy atom. The summed E-state index contributed by atoms with van der Waals surface area (Å²) in [5, 5.41) is 8.98. The van der Waals surface area contributed by atoms with E-state index < -0.39 is 7.12 Å². The molecule has 0 bridgehead atoms. The van der Waals surface area contributed by atoms with Crippen LogP contribution < -0.4 is 5.46 Å². The fourth-order valence-electron chi connectivity index (χ4n) is 3.04. The van der Waals surface area contributed by atoms with Crippen LogP contribution in [0.5, 0.6) is 0 Å². The minimum atomic E-state index is -0.416. The van der Waals surface area contributed by atoms with Gasteiger partial charge in [0.15, 0.2) is 0 Å². The summed E-state index contributed by atoms with van der Waals surface area (Å²) in [6, 6.07) is 13.6. The first kappa shape index (κ1) is 20.1. The highest BCUT2D eigenvalue weighted by Gasteiger charge is 2.51. The molecule has 0 saturated carbocycles. The molecular formula is C22H26BN3O2. The average Bonchev–Trinajstić information content (AvgIpc) is 3.20. The third-order valence-corrected chi connectivity index (χ3v) is 5.36. The van der Waals surface area contributed by atoms with Crippen molar-refractivity contribution in [2.75, 3.05) is 0 Å². The molecule has 1 aromatic carbocycles. The fourth-order valence-corrected chi connectivity index (χ4v) is 3.04. The van der Waals surface area contributed by atoms with Gasteiger partial charge in [-0.25, -0.2) is 4.98 Å². The van der Waals surface area contributed by atoms with E-state index in [9.17, 15) is 0 Å². The first-order valence-corrected chi connectivity index (χ1v) is 9.64. The van der Waals surface area contributed by atoms with Gasteiger partial charge in [-0.15, -0.1) is 0 Å². The number of nitriles is 1. The second-order valence-electron chi connectivity index (χ2n) is 7.61. The Morgan fingerprint density at radius 3 is 2.14 bits per heavy atom. The van der Waals surface area contributed by atoms with E-state index in [0.29, 0.717) is 5.56 Å². The summed E-state index contributed by atoms with van der Waals surface area (Å²) < 4.78 is 14.3. The molecular weight excluding hydrogens is 349 g/mol. The van der Waals surface area contributed by atoms with Gasteiger partial charge >= 0.3 is 7.12 Å². The Balaban J connectivity index is 0.00000109. The van der Waals surface area contributed by atoms with Crippen LogP contribution in [0.4, 0.5) is 0 Å². The number of hydrogen-bond acceptors (Lipinski definition) is 4. The molecule has 0 atom stereocenters. The number of benzene rings is 1. The van der Waals surface area contributed by atoms with Crippen molar-refractivity contribution in [1.82, 2.24) is 9.38 Å². The van der Waals surface area contributed by atoms with Gasteiger partial charge in [0.2, 0.25) is 0 Å². The zero-order valence-electron chi connectivity index (χ0n) is 17.4. The predicted octanol–water partition coefficient (Wildman–Crippen LogP) is 4.20. The molecule has 0 aliphatic carbocycles. The summed E-state index contributed by atoms with van der Waals surface area (Å²) in [4.78, 5) is 4.48. The van der Waals surface area contributed by atoms with Crippen LogP contribution in [0.3, 0.4) is 0 Å². The predicted molar refractivity (Wildman–Crippen MR) is 112 cm³/mol. The van der Waals surface area contributed by atoms with Crippen molar-refractivity contribution in [3.05, 3.63) is 54.4 Å². The van der Waals surface area contributed by atoms with Gasteiger partial charge in [-0.3, -0.25) is 0 Å². The van der Waals surface area contributed by atoms with Gasteiger partial charge in [-0.1, -0.05) is 32.0 Å². The van der Waals surface area contributed by atoms with Crippen LogP contribution in [0.1, 0.15) is 47.1 Å². The molecule has 4 rings (SSSR count). The number of imidazole rings is 1. The van der Waals surface area contributed by atoms with Crippen LogP contribution in [0, 0.1) is 11.3 Å². The Hall–Kier alpha value is -2.62. The van der Waals surface area contributed by atoms with Crippen molar-refractivity contribution in [3.63, 3.8) is 0 Å². The SMILES string of the molecule is CC.CC1(C)OB(c2ccc3ncc(-c4ccc(C#N)cc4)n3c2)OC1(C)C. The minimum absolute atomic E-state index is 0.377. The third kappa shape index (κ3) is 3.44. The lowest BCUT2D eigenvalue weighted by Crippen LogP contribution is -2.41. The molecule has 0 radical (unpaired) electrons. The Kier molecular flexibility index (Phi) is 5.34. The van der Waals surface area contributed by atoms with Crippen LogP contribution >= 0.6 is 0 Å². The van der Waals surface area contributed by atoms with Crippen molar-refractivity contribution in [1.29, 1.82) is 5.26 Å². The van der Waals surface area contributed by atoms with Crippen molar-refractivity contribution in [2.45, 2.75) is 52.7 Å². The van der Waals surface area contributed by atoms with E-state index in [1.165, 1.54) is 0 Å². The largest absolute Gasteiger partial charge is 0.496 e. The lowest BCUT2D eigenvalue weighted by Gasteiger charge is -2.32. The number of fused-ring (bicyclic) bond motifs is 1. The first-order valence-electron chi connectivity index (χ1n) is 9.64. The lowest BCUT2D eigenvalue weighted by atomic mass is 9.80. The van der Waals surface area contributed by atoms with Gasteiger partial charge in [-0.2, -0.15) is 5.26 Å². The Bertz CT molecular complexity index is 1000. The molecule has 28 heavy (non-hydrogen) atoms. The van der Waals surface area contributed by atoms with Crippen LogP contribution in [0.2, 0.25) is 0 Å². The highest BCUT2D eigenvalue weighted by molar-refractivity contribution is 6.62. The molecule has 0 N–H and O–H groups in total. The van der Waals surface area contributed by atoms with E-state index in [0.717, 1.165) is 22.4 Å². The highest BCUT2D eigenvalue weighted by Crippen LogP contribution is 2.36. The smallest absolute Gasteiger partial charge is 0.399 e. The second kappa shape index (κ2) is 7.42. The van der Waals surface area contributed by atoms with Crippen LogP contribution in [-0.2, 0) is 9.31 Å². The number of hydrogen-bond donors (Lipinski definition) is 0. The molecule has 144 valence electrons. The molecule has 1 fully saturated rings. The van der Waals surface area contributed by atoms with Crippen molar-refractivity contribution in [2.24, 2.45) is 0 Å². The molecule has 6 heteroatoms. The summed E-state index contributed by atoms with van der Waals surface area (Å²) in [7, 11) is -0.416. The second-order valence-corrected chi connectivity index (χ2v) is 7.61. The van der Waals surface area contributed by atoms with Crippen LogP contribution in [-0.4, -0.2) is 27.7 Å². The van der Waals surface area contributed by atoms with Crippen LogP contribution in [0.25, 0.3) is 16.9 Å². The van der Waals surface area contributed by atoms with Crippen LogP contribution in [0.15, 0.2) is 48.8 Å². The Labute approximate surface area is 167 Å². The molecule has 3 aromatic rings. The molecule has 3 heterocycles. The van der Waals surface area contributed by atoms with Gasteiger partial charge in [0.05, 0.1) is 34.7 Å². The summed E-state index contributed by atoms with van der Waals surface area (Å²) >= 11 is 0. The summed E-state index contributed by atoms with van der Waals surface area (Å²) in [6.45, 7) is 12.2. The van der Waals surface area contributed by atoms with Gasteiger partial charge in [0, 0.05) is 11.8 Å². The normalized spacial score (nSPS) is 17.1. The Morgan fingerprint density at radius 2 is 1.57 bits per heavy atom.